The zero-order valence-corrected chi connectivity index (χ0v) is 16.4. The molecule has 0 aliphatic heterocycles. The molecule has 1 heterocycles. The second-order valence-corrected chi connectivity index (χ2v) is 6.40. The number of hydrogen-bond donors (Lipinski definition) is 2. The van der Waals surface area contributed by atoms with Crippen LogP contribution in [0.3, 0.4) is 0 Å². The standard InChI is InChI=1S/C22H25N5O/c1-4-27(5-2)18-12-10-17(11-13-18)25-22(28)20-14-24-21(15-23-20)26-19-9-7-6-8-16(19)3/h6-15H,4-5H2,1-3H3,(H,24,26)(H,25,28). The highest BCUT2D eigenvalue weighted by Crippen LogP contribution is 2.19. The predicted octanol–water partition coefficient (Wildman–Crippen LogP) is 4.63. The number of rotatable bonds is 7. The van der Waals surface area contributed by atoms with Crippen molar-refractivity contribution in [2.24, 2.45) is 0 Å². The molecule has 0 spiro atoms. The Hall–Kier alpha value is -3.41. The van der Waals surface area contributed by atoms with Crippen LogP contribution in [-0.2, 0) is 0 Å². The van der Waals surface area contributed by atoms with Crippen LogP contribution >= 0.6 is 0 Å². The second kappa shape index (κ2) is 8.99. The van der Waals surface area contributed by atoms with Gasteiger partial charge in [-0.05, 0) is 56.7 Å². The maximum atomic E-state index is 12.4. The number of anilines is 4. The van der Waals surface area contributed by atoms with E-state index in [0.29, 0.717) is 5.82 Å². The van der Waals surface area contributed by atoms with Crippen LogP contribution in [0.25, 0.3) is 0 Å². The summed E-state index contributed by atoms with van der Waals surface area (Å²) in [4.78, 5) is 23.2. The first-order valence-electron chi connectivity index (χ1n) is 9.41. The van der Waals surface area contributed by atoms with Crippen molar-refractivity contribution in [2.45, 2.75) is 20.8 Å². The first-order valence-corrected chi connectivity index (χ1v) is 9.41. The van der Waals surface area contributed by atoms with E-state index in [4.69, 9.17) is 0 Å². The topological polar surface area (TPSA) is 70.2 Å². The number of nitrogens with one attached hydrogen (secondary N) is 2. The molecule has 0 atom stereocenters. The van der Waals surface area contributed by atoms with Gasteiger partial charge in [-0.1, -0.05) is 18.2 Å². The summed E-state index contributed by atoms with van der Waals surface area (Å²) in [5, 5.41) is 6.06. The van der Waals surface area contributed by atoms with Crippen LogP contribution in [0.2, 0.25) is 0 Å². The fourth-order valence-corrected chi connectivity index (χ4v) is 2.90. The SMILES string of the molecule is CCN(CC)c1ccc(NC(=O)c2cnc(Nc3ccccc3C)cn2)cc1. The van der Waals surface area contributed by atoms with Gasteiger partial charge in [0.2, 0.25) is 0 Å². The van der Waals surface area contributed by atoms with E-state index in [2.05, 4.69) is 39.3 Å². The summed E-state index contributed by atoms with van der Waals surface area (Å²) in [6.45, 7) is 8.15. The fraction of sp³-hybridized carbons (Fsp3) is 0.227. The molecule has 3 rings (SSSR count). The van der Waals surface area contributed by atoms with Crippen LogP contribution in [0.1, 0.15) is 29.9 Å². The Bertz CT molecular complexity index is 918. The Morgan fingerprint density at radius 1 is 0.964 bits per heavy atom. The summed E-state index contributed by atoms with van der Waals surface area (Å²) in [7, 11) is 0. The molecule has 0 fully saturated rings. The molecule has 6 nitrogen and oxygen atoms in total. The first-order chi connectivity index (χ1) is 13.6. The molecule has 2 aromatic carbocycles. The molecule has 0 unspecified atom stereocenters. The maximum Gasteiger partial charge on any atom is 0.275 e. The number of benzene rings is 2. The van der Waals surface area contributed by atoms with Crippen molar-refractivity contribution in [1.29, 1.82) is 0 Å². The third-order valence-corrected chi connectivity index (χ3v) is 4.55. The molecule has 0 saturated carbocycles. The molecule has 28 heavy (non-hydrogen) atoms. The monoisotopic (exact) mass is 375 g/mol. The summed E-state index contributed by atoms with van der Waals surface area (Å²) in [5.41, 5.74) is 4.20. The van der Waals surface area contributed by atoms with Crippen molar-refractivity contribution in [3.63, 3.8) is 0 Å². The van der Waals surface area contributed by atoms with Crippen LogP contribution in [0.15, 0.2) is 60.9 Å². The Balaban J connectivity index is 1.64. The Morgan fingerprint density at radius 2 is 1.68 bits per heavy atom. The normalized spacial score (nSPS) is 10.4. The van der Waals surface area contributed by atoms with Gasteiger partial charge in [-0.25, -0.2) is 9.97 Å². The Kier molecular flexibility index (Phi) is 6.22. The number of aromatic nitrogens is 2. The van der Waals surface area contributed by atoms with E-state index in [0.717, 1.165) is 35.7 Å². The number of amides is 1. The van der Waals surface area contributed by atoms with Crippen molar-refractivity contribution >= 4 is 28.8 Å². The van der Waals surface area contributed by atoms with Crippen molar-refractivity contribution in [2.75, 3.05) is 28.6 Å². The highest BCUT2D eigenvalue weighted by molar-refractivity contribution is 6.02. The molecule has 6 heteroatoms. The van der Waals surface area contributed by atoms with E-state index in [-0.39, 0.29) is 11.6 Å². The molecule has 1 amide bonds. The summed E-state index contributed by atoms with van der Waals surface area (Å²) < 4.78 is 0. The lowest BCUT2D eigenvalue weighted by Gasteiger charge is -2.21. The summed E-state index contributed by atoms with van der Waals surface area (Å²) in [5.74, 6) is 0.306. The van der Waals surface area contributed by atoms with Gasteiger partial charge in [0.1, 0.15) is 11.5 Å². The Morgan fingerprint density at radius 3 is 2.29 bits per heavy atom. The number of aryl methyl sites for hydroxylation is 1. The van der Waals surface area contributed by atoms with Crippen LogP contribution in [-0.4, -0.2) is 29.0 Å². The third kappa shape index (κ3) is 4.65. The molecule has 144 valence electrons. The number of hydrogen-bond acceptors (Lipinski definition) is 5. The summed E-state index contributed by atoms with van der Waals surface area (Å²) in [6, 6.07) is 15.7. The quantitative estimate of drug-likeness (QED) is 0.630. The molecule has 2 N–H and O–H groups in total. The number of carbonyl (C=O) groups excluding carboxylic acids is 1. The average Bonchev–Trinajstić information content (AvgIpc) is 2.72. The molecule has 3 aromatic rings. The maximum absolute atomic E-state index is 12.4. The van der Waals surface area contributed by atoms with Crippen LogP contribution in [0.4, 0.5) is 22.9 Å². The van der Waals surface area contributed by atoms with Crippen LogP contribution < -0.4 is 15.5 Å². The van der Waals surface area contributed by atoms with E-state index in [1.807, 2.05) is 55.5 Å². The van der Waals surface area contributed by atoms with E-state index in [1.165, 1.54) is 6.20 Å². The molecule has 0 bridgehead atoms. The van der Waals surface area contributed by atoms with Crippen molar-refractivity contribution in [3.8, 4) is 0 Å². The van der Waals surface area contributed by atoms with E-state index >= 15 is 0 Å². The minimum atomic E-state index is -0.287. The first kappa shape index (κ1) is 19.4. The highest BCUT2D eigenvalue weighted by atomic mass is 16.1. The van der Waals surface area contributed by atoms with E-state index in [9.17, 15) is 4.79 Å². The lowest BCUT2D eigenvalue weighted by atomic mass is 10.2. The minimum absolute atomic E-state index is 0.267. The van der Waals surface area contributed by atoms with Crippen molar-refractivity contribution < 1.29 is 4.79 Å². The lowest BCUT2D eigenvalue weighted by Crippen LogP contribution is -2.21. The smallest absolute Gasteiger partial charge is 0.275 e. The van der Waals surface area contributed by atoms with Crippen LogP contribution in [0, 0.1) is 6.92 Å². The largest absolute Gasteiger partial charge is 0.372 e. The second-order valence-electron chi connectivity index (χ2n) is 6.40. The third-order valence-electron chi connectivity index (χ3n) is 4.55. The van der Waals surface area contributed by atoms with E-state index < -0.39 is 0 Å². The molecule has 0 radical (unpaired) electrons. The average molecular weight is 375 g/mol. The van der Waals surface area contributed by atoms with E-state index in [1.54, 1.807) is 6.20 Å². The van der Waals surface area contributed by atoms with Crippen molar-refractivity contribution in [1.82, 2.24) is 9.97 Å². The molecular weight excluding hydrogens is 350 g/mol. The zero-order valence-electron chi connectivity index (χ0n) is 16.4. The predicted molar refractivity (Wildman–Crippen MR) is 114 cm³/mol. The highest BCUT2D eigenvalue weighted by Gasteiger charge is 2.10. The molecule has 1 aromatic heterocycles. The van der Waals surface area contributed by atoms with Gasteiger partial charge < -0.3 is 15.5 Å². The fourth-order valence-electron chi connectivity index (χ4n) is 2.90. The summed E-state index contributed by atoms with van der Waals surface area (Å²) >= 11 is 0. The van der Waals surface area contributed by atoms with Gasteiger partial charge in [-0.2, -0.15) is 0 Å². The minimum Gasteiger partial charge on any atom is -0.372 e. The van der Waals surface area contributed by atoms with Gasteiger partial charge in [0.05, 0.1) is 12.4 Å². The van der Waals surface area contributed by atoms with Gasteiger partial charge in [0.15, 0.2) is 0 Å². The van der Waals surface area contributed by atoms with Gasteiger partial charge in [0.25, 0.3) is 5.91 Å². The van der Waals surface area contributed by atoms with Crippen LogP contribution in [0.5, 0.6) is 0 Å². The van der Waals surface area contributed by atoms with Gasteiger partial charge in [-0.3, -0.25) is 4.79 Å². The van der Waals surface area contributed by atoms with Gasteiger partial charge in [-0.15, -0.1) is 0 Å². The lowest BCUT2D eigenvalue weighted by molar-refractivity contribution is 0.102. The molecular formula is C22H25N5O. The molecule has 0 aliphatic rings. The van der Waals surface area contributed by atoms with Crippen molar-refractivity contribution in [3.05, 3.63) is 72.2 Å². The molecule has 0 saturated heterocycles. The van der Waals surface area contributed by atoms with Gasteiger partial charge >= 0.3 is 0 Å². The number of carbonyl (C=O) groups is 1. The summed E-state index contributed by atoms with van der Waals surface area (Å²) in [6.07, 6.45) is 3.03. The number of para-hydroxylation sites is 1. The Labute approximate surface area is 165 Å². The molecule has 0 aliphatic carbocycles. The van der Waals surface area contributed by atoms with Gasteiger partial charge in [0, 0.05) is 30.2 Å². The zero-order chi connectivity index (χ0) is 19.9. The number of nitrogens with zero attached hydrogens (tertiary/aromatic N) is 3.